The van der Waals surface area contributed by atoms with Crippen LogP contribution >= 0.6 is 11.6 Å². The van der Waals surface area contributed by atoms with Gasteiger partial charge in [-0.25, -0.2) is 4.79 Å². The van der Waals surface area contributed by atoms with E-state index in [9.17, 15) is 9.90 Å². The molecule has 2 aliphatic rings. The largest absolute Gasteiger partial charge is 0.478 e. The summed E-state index contributed by atoms with van der Waals surface area (Å²) in [4.78, 5) is 15.7. The molecule has 116 valence electrons. The Kier molecular flexibility index (Phi) is 3.34. The zero-order valence-corrected chi connectivity index (χ0v) is 13.0. The SMILES string of the molecule is O=C(O)c1ccc(Cl)c2c1[C@@H]1C=CC[C@H]1[C@@H](c1ccncc1)N2. The summed E-state index contributed by atoms with van der Waals surface area (Å²) in [7, 11) is 0. The van der Waals surface area contributed by atoms with Crippen LogP contribution in [0.4, 0.5) is 5.69 Å². The third kappa shape index (κ3) is 2.21. The number of pyridine rings is 1. The van der Waals surface area contributed by atoms with Crippen LogP contribution in [-0.2, 0) is 0 Å². The zero-order chi connectivity index (χ0) is 16.0. The lowest BCUT2D eigenvalue weighted by atomic mass is 9.75. The molecule has 0 radical (unpaired) electrons. The van der Waals surface area contributed by atoms with Crippen LogP contribution in [0.15, 0.2) is 48.8 Å². The number of nitrogens with one attached hydrogen (secondary N) is 1. The molecule has 1 aliphatic carbocycles. The Hall–Kier alpha value is -2.33. The van der Waals surface area contributed by atoms with Crippen molar-refractivity contribution in [3.63, 3.8) is 0 Å². The number of aromatic carboxylic acids is 1. The van der Waals surface area contributed by atoms with Crippen molar-refractivity contribution < 1.29 is 9.90 Å². The average Bonchev–Trinajstić information content (AvgIpc) is 3.05. The van der Waals surface area contributed by atoms with Gasteiger partial charge in [-0.15, -0.1) is 0 Å². The van der Waals surface area contributed by atoms with Crippen LogP contribution in [0.25, 0.3) is 0 Å². The molecule has 0 bridgehead atoms. The van der Waals surface area contributed by atoms with E-state index in [1.54, 1.807) is 24.5 Å². The highest BCUT2D eigenvalue weighted by Crippen LogP contribution is 2.52. The molecule has 0 saturated carbocycles. The Morgan fingerprint density at radius 2 is 2.04 bits per heavy atom. The molecule has 0 spiro atoms. The van der Waals surface area contributed by atoms with Crippen molar-refractivity contribution in [2.75, 3.05) is 5.32 Å². The van der Waals surface area contributed by atoms with Gasteiger partial charge in [0.25, 0.3) is 0 Å². The number of hydrogen-bond donors (Lipinski definition) is 2. The molecule has 5 heteroatoms. The van der Waals surface area contributed by atoms with Gasteiger partial charge in [-0.05, 0) is 47.7 Å². The summed E-state index contributed by atoms with van der Waals surface area (Å²) in [5.74, 6) is -0.572. The molecule has 1 aliphatic heterocycles. The van der Waals surface area contributed by atoms with Crippen LogP contribution in [-0.4, -0.2) is 16.1 Å². The number of hydrogen-bond acceptors (Lipinski definition) is 3. The topological polar surface area (TPSA) is 62.2 Å². The van der Waals surface area contributed by atoms with Gasteiger partial charge in [0.1, 0.15) is 0 Å². The number of rotatable bonds is 2. The predicted octanol–water partition coefficient (Wildman–Crippen LogP) is 4.26. The highest BCUT2D eigenvalue weighted by Gasteiger charge is 2.40. The van der Waals surface area contributed by atoms with Crippen LogP contribution in [0.1, 0.15) is 39.9 Å². The van der Waals surface area contributed by atoms with Gasteiger partial charge < -0.3 is 10.4 Å². The first-order valence-electron chi connectivity index (χ1n) is 7.55. The summed E-state index contributed by atoms with van der Waals surface area (Å²) < 4.78 is 0. The molecular weight excluding hydrogens is 312 g/mol. The first-order chi connectivity index (χ1) is 11.2. The van der Waals surface area contributed by atoms with E-state index >= 15 is 0 Å². The van der Waals surface area contributed by atoms with E-state index < -0.39 is 5.97 Å². The number of allylic oxidation sites excluding steroid dienone is 2. The number of fused-ring (bicyclic) bond motifs is 3. The maximum atomic E-state index is 11.6. The van der Waals surface area contributed by atoms with Crippen LogP contribution in [0.2, 0.25) is 5.02 Å². The molecule has 0 amide bonds. The van der Waals surface area contributed by atoms with Crippen LogP contribution in [0.3, 0.4) is 0 Å². The van der Waals surface area contributed by atoms with E-state index in [2.05, 4.69) is 22.5 Å². The molecule has 3 atom stereocenters. The fourth-order valence-electron chi connectivity index (χ4n) is 3.76. The predicted molar refractivity (Wildman–Crippen MR) is 89.0 cm³/mol. The van der Waals surface area contributed by atoms with Crippen LogP contribution < -0.4 is 5.32 Å². The first kappa shape index (κ1) is 14.3. The van der Waals surface area contributed by atoms with Gasteiger partial charge in [0.15, 0.2) is 0 Å². The molecule has 2 N–H and O–H groups in total. The highest BCUT2D eigenvalue weighted by atomic mass is 35.5. The smallest absolute Gasteiger partial charge is 0.336 e. The standard InChI is InChI=1S/C18H15ClN2O2/c19-14-5-4-13(18(22)23)15-11-2-1-3-12(11)16(21-17(14)15)10-6-8-20-9-7-10/h1-2,4-9,11-12,16,21H,3H2,(H,22,23)/t11-,12-,16-/m1/s1. The van der Waals surface area contributed by atoms with Crippen molar-refractivity contribution in [2.24, 2.45) is 5.92 Å². The summed E-state index contributed by atoms with van der Waals surface area (Å²) in [5.41, 5.74) is 3.00. The number of halogens is 1. The van der Waals surface area contributed by atoms with E-state index in [1.807, 2.05) is 12.1 Å². The second-order valence-corrected chi connectivity index (χ2v) is 6.35. The second-order valence-electron chi connectivity index (χ2n) is 5.94. The zero-order valence-electron chi connectivity index (χ0n) is 12.2. The van der Waals surface area contributed by atoms with Crippen LogP contribution in [0, 0.1) is 5.92 Å². The second kappa shape index (κ2) is 5.39. The van der Waals surface area contributed by atoms with Gasteiger partial charge in [0.2, 0.25) is 0 Å². The monoisotopic (exact) mass is 326 g/mol. The molecule has 0 saturated heterocycles. The molecule has 0 fully saturated rings. The number of anilines is 1. The maximum absolute atomic E-state index is 11.6. The van der Waals surface area contributed by atoms with Crippen molar-refractivity contribution in [2.45, 2.75) is 18.4 Å². The fraction of sp³-hybridized carbons (Fsp3) is 0.222. The number of aromatic nitrogens is 1. The van der Waals surface area contributed by atoms with Crippen molar-refractivity contribution in [3.05, 3.63) is 70.5 Å². The van der Waals surface area contributed by atoms with E-state index in [0.29, 0.717) is 10.6 Å². The normalized spacial score (nSPS) is 24.7. The Morgan fingerprint density at radius 3 is 2.78 bits per heavy atom. The minimum absolute atomic E-state index is 0.0641. The Labute approximate surface area is 138 Å². The minimum Gasteiger partial charge on any atom is -0.478 e. The van der Waals surface area contributed by atoms with Crippen molar-refractivity contribution in [1.29, 1.82) is 0 Å². The number of benzene rings is 1. The Bertz CT molecular complexity index is 804. The van der Waals surface area contributed by atoms with Crippen molar-refractivity contribution in [3.8, 4) is 0 Å². The molecular formula is C18H15ClN2O2. The molecule has 4 rings (SSSR count). The molecule has 1 aromatic carbocycles. The van der Waals surface area contributed by atoms with Crippen molar-refractivity contribution in [1.82, 2.24) is 4.98 Å². The van der Waals surface area contributed by atoms with E-state index in [1.165, 1.54) is 0 Å². The third-order valence-corrected chi connectivity index (χ3v) is 5.08. The summed E-state index contributed by atoms with van der Waals surface area (Å²) in [6.07, 6.45) is 8.71. The minimum atomic E-state index is -0.916. The lowest BCUT2D eigenvalue weighted by Gasteiger charge is -2.38. The number of carbonyl (C=O) groups is 1. The lowest BCUT2D eigenvalue weighted by molar-refractivity contribution is 0.0695. The van der Waals surface area contributed by atoms with Gasteiger partial charge >= 0.3 is 5.97 Å². The Balaban J connectivity index is 1.89. The van der Waals surface area contributed by atoms with Crippen LogP contribution in [0.5, 0.6) is 0 Å². The quantitative estimate of drug-likeness (QED) is 0.809. The molecule has 0 unspecified atom stereocenters. The van der Waals surface area contributed by atoms with E-state index in [0.717, 1.165) is 23.2 Å². The highest BCUT2D eigenvalue weighted by molar-refractivity contribution is 6.33. The molecule has 4 nitrogen and oxygen atoms in total. The van der Waals surface area contributed by atoms with Gasteiger partial charge in [-0.2, -0.15) is 0 Å². The third-order valence-electron chi connectivity index (χ3n) is 4.76. The molecule has 23 heavy (non-hydrogen) atoms. The van der Waals surface area contributed by atoms with E-state index in [-0.39, 0.29) is 17.9 Å². The summed E-state index contributed by atoms with van der Waals surface area (Å²) in [6, 6.07) is 7.33. The average molecular weight is 327 g/mol. The van der Waals surface area contributed by atoms with Gasteiger partial charge in [0, 0.05) is 18.3 Å². The summed E-state index contributed by atoms with van der Waals surface area (Å²) >= 11 is 6.37. The number of nitrogens with zero attached hydrogens (tertiary/aromatic N) is 1. The number of carboxylic acids is 1. The van der Waals surface area contributed by atoms with Crippen molar-refractivity contribution >= 4 is 23.3 Å². The fourth-order valence-corrected chi connectivity index (χ4v) is 3.98. The van der Waals surface area contributed by atoms with Gasteiger partial charge in [-0.1, -0.05) is 23.8 Å². The molecule has 1 aromatic heterocycles. The molecule has 2 aromatic rings. The van der Waals surface area contributed by atoms with E-state index in [4.69, 9.17) is 11.6 Å². The summed E-state index contributed by atoms with van der Waals surface area (Å²) in [5, 5.41) is 13.6. The maximum Gasteiger partial charge on any atom is 0.336 e. The van der Waals surface area contributed by atoms with Gasteiger partial charge in [-0.3, -0.25) is 4.98 Å². The number of carboxylic acid groups (broad SMARTS) is 1. The lowest BCUT2D eigenvalue weighted by Crippen LogP contribution is -2.30. The summed E-state index contributed by atoms with van der Waals surface area (Å²) in [6.45, 7) is 0. The Morgan fingerprint density at radius 1 is 1.26 bits per heavy atom. The van der Waals surface area contributed by atoms with Gasteiger partial charge in [0.05, 0.1) is 22.3 Å². The first-order valence-corrected chi connectivity index (χ1v) is 7.93. The molecule has 2 heterocycles.